The lowest BCUT2D eigenvalue weighted by Gasteiger charge is -2.28. The van der Waals surface area contributed by atoms with Crippen LogP contribution in [0.15, 0.2) is 53.7 Å². The summed E-state index contributed by atoms with van der Waals surface area (Å²) < 4.78 is 0. The molecular formula is C17H21N5. The smallest absolute Gasteiger partial charge is 0.194 e. The molecule has 0 radical (unpaired) electrons. The predicted octanol–water partition coefficient (Wildman–Crippen LogP) is 1.87. The summed E-state index contributed by atoms with van der Waals surface area (Å²) in [6, 6.07) is 14.3. The van der Waals surface area contributed by atoms with Gasteiger partial charge in [-0.15, -0.1) is 0 Å². The fraction of sp³-hybridized carbons (Fsp3) is 0.294. The van der Waals surface area contributed by atoms with Crippen LogP contribution in [0.3, 0.4) is 0 Å². The third kappa shape index (κ3) is 3.83. The number of benzene rings is 1. The van der Waals surface area contributed by atoms with Crippen molar-refractivity contribution in [3.8, 4) is 0 Å². The van der Waals surface area contributed by atoms with Gasteiger partial charge >= 0.3 is 0 Å². The van der Waals surface area contributed by atoms with E-state index in [9.17, 15) is 0 Å². The average molecular weight is 295 g/mol. The number of hydrogen-bond donors (Lipinski definition) is 2. The lowest BCUT2D eigenvalue weighted by atomic mass is 10.0. The number of rotatable bonds is 4. The molecule has 114 valence electrons. The van der Waals surface area contributed by atoms with E-state index in [1.54, 1.807) is 6.20 Å². The Balaban J connectivity index is 1.48. The number of pyridine rings is 1. The minimum absolute atomic E-state index is 0.413. The fourth-order valence-corrected chi connectivity index (χ4v) is 2.66. The second-order valence-corrected chi connectivity index (χ2v) is 5.40. The fourth-order valence-electron chi connectivity index (χ4n) is 2.66. The first-order valence-corrected chi connectivity index (χ1v) is 7.58. The molecule has 2 heterocycles. The maximum absolute atomic E-state index is 5.88. The van der Waals surface area contributed by atoms with Crippen molar-refractivity contribution in [1.82, 2.24) is 9.88 Å². The summed E-state index contributed by atoms with van der Waals surface area (Å²) in [6.45, 7) is 3.69. The molecule has 0 atom stereocenters. The summed E-state index contributed by atoms with van der Waals surface area (Å²) in [5.74, 6) is 1.13. The molecule has 0 unspecified atom stereocenters. The van der Waals surface area contributed by atoms with E-state index in [0.29, 0.717) is 12.5 Å². The zero-order valence-corrected chi connectivity index (χ0v) is 12.6. The maximum atomic E-state index is 5.88. The predicted molar refractivity (Wildman–Crippen MR) is 89.8 cm³/mol. The number of nitrogens with two attached hydrogens (primary N) is 1. The maximum Gasteiger partial charge on any atom is 0.194 e. The molecular weight excluding hydrogens is 274 g/mol. The molecule has 0 saturated heterocycles. The average Bonchev–Trinajstić information content (AvgIpc) is 2.55. The van der Waals surface area contributed by atoms with E-state index in [1.807, 2.05) is 18.2 Å². The summed E-state index contributed by atoms with van der Waals surface area (Å²) in [5.41, 5.74) is 8.78. The van der Waals surface area contributed by atoms with Crippen LogP contribution in [0.25, 0.3) is 0 Å². The molecule has 0 bridgehead atoms. The standard InChI is InChI=1S/C17H21N5/c18-17(21-16-7-3-4-9-19-16)20-10-12-22-11-8-14-5-1-2-6-15(14)13-22/h1-7,9H,8,10-13H2,(H3,18,19,20,21). The highest BCUT2D eigenvalue weighted by Gasteiger charge is 2.14. The summed E-state index contributed by atoms with van der Waals surface area (Å²) in [4.78, 5) is 10.9. The summed E-state index contributed by atoms with van der Waals surface area (Å²) in [5, 5.41) is 2.99. The van der Waals surface area contributed by atoms with E-state index in [0.717, 1.165) is 31.9 Å². The first kappa shape index (κ1) is 14.5. The Hall–Kier alpha value is -2.40. The van der Waals surface area contributed by atoms with Gasteiger partial charge in [0.2, 0.25) is 0 Å². The highest BCUT2D eigenvalue weighted by Crippen LogP contribution is 2.17. The molecule has 0 fully saturated rings. The number of hydrogen-bond acceptors (Lipinski definition) is 3. The molecule has 0 aliphatic carbocycles. The third-order valence-electron chi connectivity index (χ3n) is 3.83. The van der Waals surface area contributed by atoms with Crippen LogP contribution in [0.1, 0.15) is 11.1 Å². The van der Waals surface area contributed by atoms with Crippen molar-refractivity contribution in [3.63, 3.8) is 0 Å². The van der Waals surface area contributed by atoms with E-state index in [-0.39, 0.29) is 0 Å². The normalized spacial score (nSPS) is 15.4. The van der Waals surface area contributed by atoms with Gasteiger partial charge in [0.25, 0.3) is 0 Å². The monoisotopic (exact) mass is 295 g/mol. The van der Waals surface area contributed by atoms with E-state index in [2.05, 4.69) is 44.5 Å². The Labute approximate surface area is 130 Å². The molecule has 3 N–H and O–H groups in total. The van der Waals surface area contributed by atoms with E-state index < -0.39 is 0 Å². The number of anilines is 1. The van der Waals surface area contributed by atoms with Crippen molar-refractivity contribution in [1.29, 1.82) is 0 Å². The highest BCUT2D eigenvalue weighted by atomic mass is 15.2. The van der Waals surface area contributed by atoms with Crippen LogP contribution in [0, 0.1) is 0 Å². The van der Waals surface area contributed by atoms with Gasteiger partial charge in [0, 0.05) is 25.8 Å². The summed E-state index contributed by atoms with van der Waals surface area (Å²) in [6.07, 6.45) is 2.84. The molecule has 0 spiro atoms. The highest BCUT2D eigenvalue weighted by molar-refractivity contribution is 5.91. The van der Waals surface area contributed by atoms with Gasteiger partial charge in [-0.05, 0) is 29.7 Å². The van der Waals surface area contributed by atoms with Crippen LogP contribution in [-0.2, 0) is 13.0 Å². The van der Waals surface area contributed by atoms with E-state index in [4.69, 9.17) is 5.73 Å². The zero-order chi connectivity index (χ0) is 15.2. The van der Waals surface area contributed by atoms with Crippen molar-refractivity contribution in [2.75, 3.05) is 25.0 Å². The lowest BCUT2D eigenvalue weighted by molar-refractivity contribution is 0.262. The number of nitrogens with zero attached hydrogens (tertiary/aromatic N) is 3. The zero-order valence-electron chi connectivity index (χ0n) is 12.6. The first-order chi connectivity index (χ1) is 10.8. The SMILES string of the molecule is NC(=NCCN1CCc2ccccc2C1)Nc1ccccn1. The number of guanidine groups is 1. The number of aromatic nitrogens is 1. The lowest BCUT2D eigenvalue weighted by Crippen LogP contribution is -2.33. The van der Waals surface area contributed by atoms with Crippen molar-refractivity contribution in [2.45, 2.75) is 13.0 Å². The Morgan fingerprint density at radius 1 is 1.18 bits per heavy atom. The van der Waals surface area contributed by atoms with Crippen LogP contribution in [-0.4, -0.2) is 35.5 Å². The molecule has 1 aromatic heterocycles. The Morgan fingerprint density at radius 3 is 2.82 bits per heavy atom. The minimum Gasteiger partial charge on any atom is -0.370 e. The molecule has 0 saturated carbocycles. The molecule has 5 heteroatoms. The Morgan fingerprint density at radius 2 is 2.00 bits per heavy atom. The van der Waals surface area contributed by atoms with Gasteiger partial charge in [-0.25, -0.2) is 4.98 Å². The van der Waals surface area contributed by atoms with Crippen molar-refractivity contribution in [2.24, 2.45) is 10.7 Å². The molecule has 1 aromatic carbocycles. The second kappa shape index (κ2) is 7.04. The molecule has 1 aliphatic heterocycles. The molecule has 1 aliphatic rings. The number of nitrogens with one attached hydrogen (secondary N) is 1. The Bertz CT molecular complexity index is 639. The van der Waals surface area contributed by atoms with Gasteiger partial charge in [-0.1, -0.05) is 30.3 Å². The minimum atomic E-state index is 0.413. The second-order valence-electron chi connectivity index (χ2n) is 5.40. The summed E-state index contributed by atoms with van der Waals surface area (Å²) in [7, 11) is 0. The van der Waals surface area contributed by atoms with Crippen LogP contribution < -0.4 is 11.1 Å². The number of fused-ring (bicyclic) bond motifs is 1. The van der Waals surface area contributed by atoms with Gasteiger partial charge < -0.3 is 11.1 Å². The Kier molecular flexibility index (Phi) is 4.65. The van der Waals surface area contributed by atoms with Crippen molar-refractivity contribution >= 4 is 11.8 Å². The van der Waals surface area contributed by atoms with Crippen LogP contribution in [0.5, 0.6) is 0 Å². The van der Waals surface area contributed by atoms with Crippen molar-refractivity contribution in [3.05, 3.63) is 59.8 Å². The van der Waals surface area contributed by atoms with Gasteiger partial charge in [-0.2, -0.15) is 0 Å². The molecule has 22 heavy (non-hydrogen) atoms. The molecule has 3 rings (SSSR count). The van der Waals surface area contributed by atoms with Gasteiger partial charge in [0.1, 0.15) is 5.82 Å². The van der Waals surface area contributed by atoms with Crippen LogP contribution in [0.4, 0.5) is 5.82 Å². The van der Waals surface area contributed by atoms with Crippen LogP contribution in [0.2, 0.25) is 0 Å². The van der Waals surface area contributed by atoms with Crippen LogP contribution >= 0.6 is 0 Å². The van der Waals surface area contributed by atoms with Crippen molar-refractivity contribution < 1.29 is 0 Å². The largest absolute Gasteiger partial charge is 0.370 e. The van der Waals surface area contributed by atoms with Gasteiger partial charge in [0.15, 0.2) is 5.96 Å². The van der Waals surface area contributed by atoms with E-state index in [1.165, 1.54) is 11.1 Å². The third-order valence-corrected chi connectivity index (χ3v) is 3.83. The van der Waals surface area contributed by atoms with Gasteiger partial charge in [-0.3, -0.25) is 9.89 Å². The molecule has 2 aromatic rings. The first-order valence-electron chi connectivity index (χ1n) is 7.58. The molecule has 5 nitrogen and oxygen atoms in total. The molecule has 0 amide bonds. The van der Waals surface area contributed by atoms with E-state index >= 15 is 0 Å². The summed E-state index contributed by atoms with van der Waals surface area (Å²) >= 11 is 0. The quantitative estimate of drug-likeness (QED) is 0.667. The number of aliphatic imine (C=N–C) groups is 1. The topological polar surface area (TPSA) is 66.5 Å². The van der Waals surface area contributed by atoms with Gasteiger partial charge in [0.05, 0.1) is 6.54 Å².